The zero-order valence-electron chi connectivity index (χ0n) is 22.0. The number of likely N-dealkylation sites (tertiary alicyclic amines) is 1. The number of nitrogens with two attached hydrogens (primary N) is 1. The number of anilines is 1. The van der Waals surface area contributed by atoms with E-state index < -0.39 is 11.4 Å². The van der Waals surface area contributed by atoms with Gasteiger partial charge in [-0.2, -0.15) is 0 Å². The van der Waals surface area contributed by atoms with Crippen molar-refractivity contribution >= 4 is 22.8 Å². The quantitative estimate of drug-likeness (QED) is 0.571. The highest BCUT2D eigenvalue weighted by Gasteiger charge is 2.56. The zero-order valence-corrected chi connectivity index (χ0v) is 22.0. The van der Waals surface area contributed by atoms with E-state index in [1.807, 2.05) is 51.4 Å². The molecule has 198 valence electrons. The molecule has 0 amide bonds. The third kappa shape index (κ3) is 5.37. The monoisotopic (exact) mass is 501 g/mol. The maximum absolute atomic E-state index is 12.0. The Morgan fingerprint density at radius 1 is 1.25 bits per heavy atom. The molecule has 0 aromatic carbocycles. The number of hydrogen-bond donors (Lipinski definition) is 1. The van der Waals surface area contributed by atoms with Crippen LogP contribution in [0, 0.1) is 5.92 Å². The number of ether oxygens (including phenoxy) is 4. The molecule has 0 aliphatic carbocycles. The molecule has 0 spiro atoms. The fraction of sp³-hybridized carbons (Fsp3) is 0.731. The molecule has 5 rings (SSSR count). The van der Waals surface area contributed by atoms with E-state index in [1.165, 1.54) is 6.33 Å². The Kier molecular flexibility index (Phi) is 6.74. The molecule has 10 heteroatoms. The molecule has 2 aromatic rings. The summed E-state index contributed by atoms with van der Waals surface area (Å²) in [5.41, 5.74) is 6.35. The lowest BCUT2D eigenvalue weighted by Crippen LogP contribution is -2.39. The Bertz CT molecular complexity index is 1100. The number of hydrogen-bond acceptors (Lipinski definition) is 9. The van der Waals surface area contributed by atoms with Gasteiger partial charge in [0.2, 0.25) is 0 Å². The first kappa shape index (κ1) is 25.4. The molecule has 3 aliphatic heterocycles. The van der Waals surface area contributed by atoms with Crippen molar-refractivity contribution in [2.24, 2.45) is 5.92 Å². The molecule has 0 bridgehead atoms. The van der Waals surface area contributed by atoms with Gasteiger partial charge in [0.1, 0.15) is 41.7 Å². The van der Waals surface area contributed by atoms with Crippen molar-refractivity contribution in [2.75, 3.05) is 25.4 Å². The van der Waals surface area contributed by atoms with E-state index in [2.05, 4.69) is 14.9 Å². The predicted molar refractivity (Wildman–Crippen MR) is 134 cm³/mol. The van der Waals surface area contributed by atoms with E-state index >= 15 is 0 Å². The Morgan fingerprint density at radius 2 is 2.03 bits per heavy atom. The van der Waals surface area contributed by atoms with Crippen molar-refractivity contribution in [1.82, 2.24) is 19.4 Å². The van der Waals surface area contributed by atoms with Crippen LogP contribution in [-0.4, -0.2) is 74.7 Å². The SMILES string of the molecule is CC(C)(C)OC(=O)CCCC1CCN(C[C@H]2O[C@@H](n3ccc4c(N)ncnc43)[C@@H]3OC(C)(C)O[C@@H]32)C1. The van der Waals surface area contributed by atoms with Crippen molar-refractivity contribution in [3.63, 3.8) is 0 Å². The zero-order chi connectivity index (χ0) is 25.7. The van der Waals surface area contributed by atoms with Crippen molar-refractivity contribution in [3.05, 3.63) is 18.6 Å². The van der Waals surface area contributed by atoms with Crippen LogP contribution in [0.25, 0.3) is 11.0 Å². The van der Waals surface area contributed by atoms with Gasteiger partial charge >= 0.3 is 5.97 Å². The minimum absolute atomic E-state index is 0.112. The van der Waals surface area contributed by atoms with Crippen molar-refractivity contribution in [1.29, 1.82) is 0 Å². The van der Waals surface area contributed by atoms with Crippen LogP contribution in [0.1, 0.15) is 66.5 Å². The summed E-state index contributed by atoms with van der Waals surface area (Å²) in [6, 6.07) is 1.92. The first-order valence-corrected chi connectivity index (χ1v) is 13.0. The van der Waals surface area contributed by atoms with Crippen LogP contribution >= 0.6 is 0 Å². The van der Waals surface area contributed by atoms with Crippen LogP contribution in [0.2, 0.25) is 0 Å². The summed E-state index contributed by atoms with van der Waals surface area (Å²) < 4.78 is 26.6. The van der Waals surface area contributed by atoms with Gasteiger partial charge in [0.25, 0.3) is 0 Å². The Morgan fingerprint density at radius 3 is 2.81 bits per heavy atom. The number of nitrogen functional groups attached to an aromatic ring is 1. The lowest BCUT2D eigenvalue weighted by Gasteiger charge is -2.27. The summed E-state index contributed by atoms with van der Waals surface area (Å²) in [6.07, 6.45) is 5.99. The first-order chi connectivity index (χ1) is 17.0. The van der Waals surface area contributed by atoms with E-state index in [4.69, 9.17) is 24.7 Å². The number of rotatable bonds is 7. The molecule has 0 saturated carbocycles. The van der Waals surface area contributed by atoms with Gasteiger partial charge in [-0.3, -0.25) is 4.79 Å². The van der Waals surface area contributed by atoms with E-state index in [9.17, 15) is 4.79 Å². The first-order valence-electron chi connectivity index (χ1n) is 13.0. The molecule has 1 unspecified atom stereocenters. The van der Waals surface area contributed by atoms with Crippen LogP contribution in [0.3, 0.4) is 0 Å². The molecule has 36 heavy (non-hydrogen) atoms. The number of nitrogens with zero attached hydrogens (tertiary/aromatic N) is 4. The van der Waals surface area contributed by atoms with Gasteiger partial charge in [-0.15, -0.1) is 0 Å². The van der Waals surface area contributed by atoms with Crippen LogP contribution < -0.4 is 5.73 Å². The molecule has 5 heterocycles. The topological polar surface area (TPSA) is 114 Å². The minimum atomic E-state index is -0.679. The molecule has 2 aromatic heterocycles. The van der Waals surface area contributed by atoms with E-state index in [-0.39, 0.29) is 30.5 Å². The molecule has 0 radical (unpaired) electrons. The highest BCUT2D eigenvalue weighted by Crippen LogP contribution is 2.44. The van der Waals surface area contributed by atoms with Crippen molar-refractivity contribution in [3.8, 4) is 0 Å². The van der Waals surface area contributed by atoms with E-state index in [0.717, 1.165) is 49.9 Å². The summed E-state index contributed by atoms with van der Waals surface area (Å²) in [7, 11) is 0. The maximum Gasteiger partial charge on any atom is 0.306 e. The highest BCUT2D eigenvalue weighted by molar-refractivity contribution is 5.86. The van der Waals surface area contributed by atoms with Gasteiger partial charge < -0.3 is 34.1 Å². The number of carbonyl (C=O) groups excluding carboxylic acids is 1. The van der Waals surface area contributed by atoms with Crippen LogP contribution in [0.5, 0.6) is 0 Å². The van der Waals surface area contributed by atoms with Gasteiger partial charge in [-0.1, -0.05) is 0 Å². The summed E-state index contributed by atoms with van der Waals surface area (Å²) in [5, 5.41) is 0.799. The number of esters is 1. The largest absolute Gasteiger partial charge is 0.460 e. The normalized spacial score (nSPS) is 30.2. The Balaban J connectivity index is 1.20. The lowest BCUT2D eigenvalue weighted by molar-refractivity contribution is -0.197. The third-order valence-electron chi connectivity index (χ3n) is 7.16. The van der Waals surface area contributed by atoms with Gasteiger partial charge in [0.05, 0.1) is 5.39 Å². The number of carbonyl (C=O) groups is 1. The standard InChI is InChI=1S/C26H39N5O5/c1-25(2,3)34-19(32)8-6-7-16-9-11-30(13-16)14-18-20-21(36-26(4,5)35-20)24(33-18)31-12-10-17-22(27)28-15-29-23(17)31/h10,12,15-16,18,20-21,24H,6-9,11,13-14H2,1-5H3,(H2,27,28,29)/t16?,18-,20-,21-,24-/m1/s1. The second-order valence-corrected chi connectivity index (χ2v) is 11.7. The second kappa shape index (κ2) is 9.55. The number of aromatic nitrogens is 3. The molecule has 3 aliphatic rings. The van der Waals surface area contributed by atoms with Gasteiger partial charge in [0, 0.05) is 25.7 Å². The fourth-order valence-corrected chi connectivity index (χ4v) is 5.72. The summed E-state index contributed by atoms with van der Waals surface area (Å²) in [5.74, 6) is 0.232. The van der Waals surface area contributed by atoms with Gasteiger partial charge in [-0.25, -0.2) is 9.97 Å². The second-order valence-electron chi connectivity index (χ2n) is 11.7. The summed E-state index contributed by atoms with van der Waals surface area (Å²) in [6.45, 7) is 12.4. The van der Waals surface area contributed by atoms with Crippen LogP contribution in [0.15, 0.2) is 18.6 Å². The van der Waals surface area contributed by atoms with Crippen molar-refractivity contribution < 1.29 is 23.7 Å². The third-order valence-corrected chi connectivity index (χ3v) is 7.16. The molecule has 3 saturated heterocycles. The summed E-state index contributed by atoms with van der Waals surface area (Å²) >= 11 is 0. The molecule has 3 fully saturated rings. The smallest absolute Gasteiger partial charge is 0.306 e. The van der Waals surface area contributed by atoms with E-state index in [1.54, 1.807) is 0 Å². The van der Waals surface area contributed by atoms with Gasteiger partial charge in [-0.05, 0) is 72.4 Å². The summed E-state index contributed by atoms with van der Waals surface area (Å²) in [4.78, 5) is 23.0. The molecule has 2 N–H and O–H groups in total. The van der Waals surface area contributed by atoms with Crippen LogP contribution in [0.4, 0.5) is 5.82 Å². The minimum Gasteiger partial charge on any atom is -0.460 e. The van der Waals surface area contributed by atoms with Gasteiger partial charge in [0.15, 0.2) is 12.0 Å². The average molecular weight is 502 g/mol. The van der Waals surface area contributed by atoms with Crippen molar-refractivity contribution in [2.45, 2.75) is 96.2 Å². The average Bonchev–Trinajstić information content (AvgIpc) is 3.52. The fourth-order valence-electron chi connectivity index (χ4n) is 5.72. The molecular formula is C26H39N5O5. The predicted octanol–water partition coefficient (Wildman–Crippen LogP) is 3.26. The lowest BCUT2D eigenvalue weighted by atomic mass is 10.0. The molecule has 5 atom stereocenters. The highest BCUT2D eigenvalue weighted by atomic mass is 16.8. The Labute approximate surface area is 212 Å². The van der Waals surface area contributed by atoms with E-state index in [0.29, 0.717) is 18.2 Å². The Hall–Kier alpha value is -2.27. The number of fused-ring (bicyclic) bond motifs is 2. The molecule has 10 nitrogen and oxygen atoms in total. The molecular weight excluding hydrogens is 462 g/mol. The maximum atomic E-state index is 12.0. The van der Waals surface area contributed by atoms with Crippen LogP contribution in [-0.2, 0) is 23.7 Å².